The Hall–Kier alpha value is -4.53. The first-order valence-electron chi connectivity index (χ1n) is 10.5. The molecule has 0 radical (unpaired) electrons. The normalized spacial score (nSPS) is 11.5. The van der Waals surface area contributed by atoms with E-state index in [-0.39, 0.29) is 5.82 Å². The van der Waals surface area contributed by atoms with Gasteiger partial charge in [-0.1, -0.05) is 48.5 Å². The van der Waals surface area contributed by atoms with Crippen molar-refractivity contribution in [3.63, 3.8) is 0 Å². The zero-order valence-electron chi connectivity index (χ0n) is 17.9. The monoisotopic (exact) mass is 476 g/mol. The van der Waals surface area contributed by atoms with Gasteiger partial charge in [0.2, 0.25) is 0 Å². The minimum Gasteiger partial charge on any atom is -0.353 e. The Balaban J connectivity index is 1.62. The number of halogens is 4. The van der Waals surface area contributed by atoms with E-state index in [1.807, 2.05) is 42.5 Å². The molecule has 35 heavy (non-hydrogen) atoms. The predicted molar refractivity (Wildman–Crippen MR) is 124 cm³/mol. The van der Waals surface area contributed by atoms with Crippen LogP contribution in [0.1, 0.15) is 15.9 Å². The molecule has 0 aliphatic carbocycles. The van der Waals surface area contributed by atoms with Crippen molar-refractivity contribution >= 4 is 22.5 Å². The highest BCUT2D eigenvalue weighted by Crippen LogP contribution is 2.39. The van der Waals surface area contributed by atoms with E-state index < -0.39 is 34.6 Å². The zero-order chi connectivity index (χ0) is 24.6. The third-order valence-corrected chi connectivity index (χ3v) is 5.47. The second-order valence-corrected chi connectivity index (χ2v) is 7.69. The van der Waals surface area contributed by atoms with Crippen LogP contribution in [0.25, 0.3) is 33.5 Å². The molecule has 2 aromatic heterocycles. The number of amides is 1. The van der Waals surface area contributed by atoms with Gasteiger partial charge in [0.25, 0.3) is 5.91 Å². The molecule has 0 bridgehead atoms. The quantitative estimate of drug-likeness (QED) is 0.284. The molecule has 174 valence electrons. The maximum Gasteiger partial charge on any atom is 0.417 e. The van der Waals surface area contributed by atoms with Gasteiger partial charge < -0.3 is 10.3 Å². The van der Waals surface area contributed by atoms with Crippen LogP contribution >= 0.6 is 0 Å². The molecule has 0 unspecified atom stereocenters. The highest BCUT2D eigenvalue weighted by atomic mass is 19.4. The van der Waals surface area contributed by atoms with Crippen molar-refractivity contribution in [3.05, 3.63) is 102 Å². The number of benzene rings is 3. The first kappa shape index (κ1) is 22.3. The van der Waals surface area contributed by atoms with Crippen molar-refractivity contribution in [2.75, 3.05) is 5.32 Å². The summed E-state index contributed by atoms with van der Waals surface area (Å²) in [6.07, 6.45) is -2.34. The van der Waals surface area contributed by atoms with Crippen LogP contribution < -0.4 is 5.32 Å². The lowest BCUT2D eigenvalue weighted by Gasteiger charge is -2.15. The summed E-state index contributed by atoms with van der Waals surface area (Å²) in [5.41, 5.74) is 0.136. The summed E-state index contributed by atoms with van der Waals surface area (Å²) in [6.45, 7) is 0. The number of H-pyrrole nitrogens is 1. The lowest BCUT2D eigenvalue weighted by Crippen LogP contribution is -2.17. The average molecular weight is 476 g/mol. The topological polar surface area (TPSA) is 70.7 Å². The Bertz CT molecular complexity index is 1530. The van der Waals surface area contributed by atoms with E-state index in [0.29, 0.717) is 22.8 Å². The van der Waals surface area contributed by atoms with Gasteiger partial charge in [0, 0.05) is 34.4 Å². The predicted octanol–water partition coefficient (Wildman–Crippen LogP) is 6.70. The number of aromatic nitrogens is 3. The molecule has 0 aliphatic heterocycles. The first-order chi connectivity index (χ1) is 16.8. The molecule has 5 nitrogen and oxygen atoms in total. The van der Waals surface area contributed by atoms with Gasteiger partial charge in [0.05, 0.1) is 22.5 Å². The molecule has 5 rings (SSSR count). The molecule has 3 aromatic carbocycles. The van der Waals surface area contributed by atoms with E-state index in [9.17, 15) is 22.4 Å². The fourth-order valence-electron chi connectivity index (χ4n) is 3.88. The smallest absolute Gasteiger partial charge is 0.353 e. The lowest BCUT2D eigenvalue weighted by atomic mass is 10.0. The Morgan fingerprint density at radius 2 is 1.57 bits per heavy atom. The summed E-state index contributed by atoms with van der Waals surface area (Å²) in [5.74, 6) is -2.49. The van der Waals surface area contributed by atoms with Crippen LogP contribution in [0.15, 0.2) is 85.2 Å². The number of carbonyl (C=O) groups excluding carboxylic acids is 1. The molecular formula is C26H16F4N4O. The molecular weight excluding hydrogens is 460 g/mol. The maximum atomic E-state index is 14.9. The van der Waals surface area contributed by atoms with E-state index in [4.69, 9.17) is 0 Å². The Morgan fingerprint density at radius 3 is 2.29 bits per heavy atom. The summed E-state index contributed by atoms with van der Waals surface area (Å²) in [7, 11) is 0. The number of rotatable bonds is 4. The van der Waals surface area contributed by atoms with Crippen LogP contribution in [-0.2, 0) is 6.18 Å². The van der Waals surface area contributed by atoms with Crippen LogP contribution in [0.3, 0.4) is 0 Å². The van der Waals surface area contributed by atoms with Crippen molar-refractivity contribution in [1.82, 2.24) is 15.0 Å². The third-order valence-electron chi connectivity index (χ3n) is 5.47. The number of anilines is 1. The number of nitrogens with one attached hydrogen (secondary N) is 2. The van der Waals surface area contributed by atoms with E-state index in [1.165, 1.54) is 18.5 Å². The molecule has 2 heterocycles. The van der Waals surface area contributed by atoms with Crippen LogP contribution in [0.5, 0.6) is 0 Å². The van der Waals surface area contributed by atoms with Crippen LogP contribution in [0, 0.1) is 5.82 Å². The standard InChI is InChI=1S/C26H16F4N4O/c27-20-14-19(26(28,29)30)17(24-31-11-6-12-32-24)13-18(20)25(35)34-23-16-9-4-5-10-21(16)33-22(23)15-7-2-1-3-8-15/h1-14,33H,(H,34,35). The molecule has 0 saturated heterocycles. The maximum absolute atomic E-state index is 14.9. The number of hydrogen-bond donors (Lipinski definition) is 2. The summed E-state index contributed by atoms with van der Waals surface area (Å²) in [6, 6.07) is 18.9. The second kappa shape index (κ2) is 8.68. The molecule has 9 heteroatoms. The summed E-state index contributed by atoms with van der Waals surface area (Å²) in [4.78, 5) is 24.2. The molecule has 1 amide bonds. The highest BCUT2D eigenvalue weighted by Gasteiger charge is 2.36. The van der Waals surface area contributed by atoms with Gasteiger partial charge in [0.15, 0.2) is 5.82 Å². The fourth-order valence-corrected chi connectivity index (χ4v) is 3.88. The molecule has 2 N–H and O–H groups in total. The van der Waals surface area contributed by atoms with Crippen molar-refractivity contribution in [3.8, 4) is 22.6 Å². The molecule has 5 aromatic rings. The van der Waals surface area contributed by atoms with E-state index in [0.717, 1.165) is 17.1 Å². The zero-order valence-corrected chi connectivity index (χ0v) is 17.9. The van der Waals surface area contributed by atoms with Crippen molar-refractivity contribution in [2.45, 2.75) is 6.18 Å². The summed E-state index contributed by atoms with van der Waals surface area (Å²) >= 11 is 0. The average Bonchev–Trinajstić information content (AvgIpc) is 3.22. The largest absolute Gasteiger partial charge is 0.417 e. The van der Waals surface area contributed by atoms with Gasteiger partial charge in [-0.25, -0.2) is 14.4 Å². The SMILES string of the molecule is O=C(Nc1c(-c2ccccc2)[nH]c2ccccc12)c1cc(-c2ncccn2)c(C(F)(F)F)cc1F. The number of fused-ring (bicyclic) bond motifs is 1. The number of para-hydroxylation sites is 1. The lowest BCUT2D eigenvalue weighted by molar-refractivity contribution is -0.137. The van der Waals surface area contributed by atoms with Gasteiger partial charge in [-0.15, -0.1) is 0 Å². The summed E-state index contributed by atoms with van der Waals surface area (Å²) < 4.78 is 55.8. The number of nitrogens with zero attached hydrogens (tertiary/aromatic N) is 2. The van der Waals surface area contributed by atoms with Crippen molar-refractivity contribution in [1.29, 1.82) is 0 Å². The Labute approximate surface area is 196 Å². The first-order valence-corrected chi connectivity index (χ1v) is 10.5. The number of alkyl halides is 3. The van der Waals surface area contributed by atoms with Gasteiger partial charge in [-0.05, 0) is 24.3 Å². The number of aromatic amines is 1. The number of carbonyl (C=O) groups is 1. The van der Waals surface area contributed by atoms with Gasteiger partial charge >= 0.3 is 6.18 Å². The molecule has 0 atom stereocenters. The van der Waals surface area contributed by atoms with Crippen molar-refractivity contribution in [2.24, 2.45) is 0 Å². The minimum absolute atomic E-state index is 0.272. The van der Waals surface area contributed by atoms with Gasteiger partial charge in [0.1, 0.15) is 5.82 Å². The van der Waals surface area contributed by atoms with E-state index in [1.54, 1.807) is 12.1 Å². The molecule has 0 fully saturated rings. The number of hydrogen-bond acceptors (Lipinski definition) is 3. The van der Waals surface area contributed by atoms with Crippen LogP contribution in [0.4, 0.5) is 23.2 Å². The van der Waals surface area contributed by atoms with E-state index >= 15 is 0 Å². The second-order valence-electron chi connectivity index (χ2n) is 7.69. The van der Waals surface area contributed by atoms with Gasteiger partial charge in [-0.3, -0.25) is 4.79 Å². The van der Waals surface area contributed by atoms with Gasteiger partial charge in [-0.2, -0.15) is 13.2 Å². The van der Waals surface area contributed by atoms with Crippen LogP contribution in [-0.4, -0.2) is 20.9 Å². The fraction of sp³-hybridized carbons (Fsp3) is 0.0385. The molecule has 0 saturated carbocycles. The molecule has 0 spiro atoms. The Morgan fingerprint density at radius 1 is 0.886 bits per heavy atom. The van der Waals surface area contributed by atoms with E-state index in [2.05, 4.69) is 20.3 Å². The summed E-state index contributed by atoms with van der Waals surface area (Å²) in [5, 5.41) is 3.36. The third kappa shape index (κ3) is 4.23. The molecule has 0 aliphatic rings. The minimum atomic E-state index is -4.87. The van der Waals surface area contributed by atoms with Crippen molar-refractivity contribution < 1.29 is 22.4 Å². The van der Waals surface area contributed by atoms with Crippen LogP contribution in [0.2, 0.25) is 0 Å². The highest BCUT2D eigenvalue weighted by molar-refractivity contribution is 6.13. The Kier molecular flexibility index (Phi) is 5.52.